The molecule has 7 nitrogen and oxygen atoms in total. The molecule has 4 aromatic rings. The van der Waals surface area contributed by atoms with E-state index in [2.05, 4.69) is 15.0 Å². The number of halogens is 1. The average Bonchev–Trinajstić information content (AvgIpc) is 3.38. The molecule has 35 heavy (non-hydrogen) atoms. The molecule has 3 heterocycles. The second-order valence-electron chi connectivity index (χ2n) is 8.74. The van der Waals surface area contributed by atoms with Gasteiger partial charge in [0.1, 0.15) is 5.82 Å². The van der Waals surface area contributed by atoms with Crippen molar-refractivity contribution in [1.29, 1.82) is 0 Å². The lowest BCUT2D eigenvalue weighted by Crippen LogP contribution is -2.38. The number of carbonyl (C=O) groups is 1. The second kappa shape index (κ2) is 10.0. The van der Waals surface area contributed by atoms with Gasteiger partial charge >= 0.3 is 0 Å². The molecule has 0 saturated carbocycles. The number of imidazole rings is 1. The standard InChI is InChI=1S/C27H26FN5O2/c1-19-15-25(35-24-8-3-2-7-23(24)28)31-26(30-19)21-9-12-33(13-10-21)27(34)22-6-4-5-20(16-22)17-32-14-11-29-18-32/h2-8,11,14-16,18,21H,9-10,12-13,17H2,1H3. The lowest BCUT2D eigenvalue weighted by Gasteiger charge is -2.31. The van der Waals surface area contributed by atoms with E-state index in [0.717, 1.165) is 24.1 Å². The summed E-state index contributed by atoms with van der Waals surface area (Å²) < 4.78 is 21.7. The number of nitrogens with zero attached hydrogens (tertiary/aromatic N) is 5. The fraction of sp³-hybridized carbons (Fsp3) is 0.259. The van der Waals surface area contributed by atoms with Gasteiger partial charge in [-0.2, -0.15) is 4.98 Å². The zero-order valence-electron chi connectivity index (χ0n) is 19.5. The molecule has 1 saturated heterocycles. The summed E-state index contributed by atoms with van der Waals surface area (Å²) in [4.78, 5) is 28.3. The van der Waals surface area contributed by atoms with E-state index in [9.17, 15) is 9.18 Å². The third-order valence-corrected chi connectivity index (χ3v) is 6.14. The summed E-state index contributed by atoms with van der Waals surface area (Å²) in [6.45, 7) is 3.78. The first-order chi connectivity index (χ1) is 17.0. The number of rotatable bonds is 6. The van der Waals surface area contributed by atoms with Crippen LogP contribution in [0.5, 0.6) is 11.6 Å². The molecule has 0 aliphatic carbocycles. The van der Waals surface area contributed by atoms with Crippen molar-refractivity contribution in [1.82, 2.24) is 24.4 Å². The van der Waals surface area contributed by atoms with E-state index in [-0.39, 0.29) is 17.6 Å². The molecule has 1 aliphatic rings. The molecule has 1 fully saturated rings. The molecule has 8 heteroatoms. The Balaban J connectivity index is 1.24. The number of ether oxygens (including phenoxy) is 1. The predicted molar refractivity (Wildman–Crippen MR) is 129 cm³/mol. The van der Waals surface area contributed by atoms with Gasteiger partial charge in [0.25, 0.3) is 5.91 Å². The van der Waals surface area contributed by atoms with Crippen LogP contribution in [0.1, 0.15) is 46.2 Å². The number of likely N-dealkylation sites (tertiary alicyclic amines) is 1. The molecule has 2 aromatic carbocycles. The molecule has 0 spiro atoms. The number of piperidine rings is 1. The van der Waals surface area contributed by atoms with Crippen LogP contribution in [0.2, 0.25) is 0 Å². The molecular formula is C27H26FN5O2. The monoisotopic (exact) mass is 471 g/mol. The fourth-order valence-electron chi connectivity index (χ4n) is 4.35. The van der Waals surface area contributed by atoms with Crippen molar-refractivity contribution < 1.29 is 13.9 Å². The lowest BCUT2D eigenvalue weighted by atomic mass is 9.95. The minimum atomic E-state index is -0.439. The van der Waals surface area contributed by atoms with Crippen LogP contribution in [0.4, 0.5) is 4.39 Å². The average molecular weight is 472 g/mol. The highest BCUT2D eigenvalue weighted by molar-refractivity contribution is 5.94. The first-order valence-corrected chi connectivity index (χ1v) is 11.7. The van der Waals surface area contributed by atoms with Crippen LogP contribution in [0.15, 0.2) is 73.3 Å². The fourth-order valence-corrected chi connectivity index (χ4v) is 4.35. The van der Waals surface area contributed by atoms with Crippen LogP contribution in [-0.4, -0.2) is 43.4 Å². The topological polar surface area (TPSA) is 73.1 Å². The van der Waals surface area contributed by atoms with Gasteiger partial charge in [0, 0.05) is 55.3 Å². The van der Waals surface area contributed by atoms with Gasteiger partial charge in [0.2, 0.25) is 5.88 Å². The second-order valence-corrected chi connectivity index (χ2v) is 8.74. The van der Waals surface area contributed by atoms with Crippen LogP contribution in [-0.2, 0) is 6.54 Å². The molecule has 5 rings (SSSR count). The minimum absolute atomic E-state index is 0.0321. The summed E-state index contributed by atoms with van der Waals surface area (Å²) in [5.74, 6) is 0.828. The minimum Gasteiger partial charge on any atom is -0.436 e. The van der Waals surface area contributed by atoms with E-state index < -0.39 is 5.82 Å². The van der Waals surface area contributed by atoms with E-state index in [1.807, 2.05) is 46.9 Å². The summed E-state index contributed by atoms with van der Waals surface area (Å²) >= 11 is 0. The van der Waals surface area contributed by atoms with E-state index in [1.165, 1.54) is 6.07 Å². The van der Waals surface area contributed by atoms with Crippen molar-refractivity contribution in [2.75, 3.05) is 13.1 Å². The molecule has 0 atom stereocenters. The first-order valence-electron chi connectivity index (χ1n) is 11.7. The van der Waals surface area contributed by atoms with E-state index in [0.29, 0.717) is 36.9 Å². The number of benzene rings is 2. The van der Waals surface area contributed by atoms with Crippen molar-refractivity contribution in [3.05, 3.63) is 102 Å². The Labute approximate surface area is 203 Å². The van der Waals surface area contributed by atoms with E-state index >= 15 is 0 Å². The Kier molecular flexibility index (Phi) is 6.52. The van der Waals surface area contributed by atoms with Crippen LogP contribution >= 0.6 is 0 Å². The van der Waals surface area contributed by atoms with Gasteiger partial charge in [-0.15, -0.1) is 0 Å². The van der Waals surface area contributed by atoms with Crippen molar-refractivity contribution in [2.24, 2.45) is 0 Å². The highest BCUT2D eigenvalue weighted by atomic mass is 19.1. The number of amides is 1. The van der Waals surface area contributed by atoms with E-state index in [4.69, 9.17) is 4.74 Å². The SMILES string of the molecule is Cc1cc(Oc2ccccc2F)nc(C2CCN(C(=O)c3cccc(Cn4ccnc4)c3)CC2)n1. The molecule has 1 amide bonds. The number of aryl methyl sites for hydroxylation is 1. The van der Waals surface area contributed by atoms with Gasteiger partial charge in [-0.3, -0.25) is 4.79 Å². The molecule has 0 unspecified atom stereocenters. The molecule has 178 valence electrons. The van der Waals surface area contributed by atoms with Crippen LogP contribution in [0.25, 0.3) is 0 Å². The van der Waals surface area contributed by atoms with Crippen LogP contribution < -0.4 is 4.74 Å². The van der Waals surface area contributed by atoms with Crippen molar-refractivity contribution in [3.63, 3.8) is 0 Å². The number of para-hydroxylation sites is 1. The number of aromatic nitrogens is 4. The smallest absolute Gasteiger partial charge is 0.253 e. The maximum absolute atomic E-state index is 14.0. The molecule has 2 aromatic heterocycles. The number of hydrogen-bond acceptors (Lipinski definition) is 5. The van der Waals surface area contributed by atoms with Gasteiger partial charge in [-0.05, 0) is 49.6 Å². The first kappa shape index (κ1) is 22.7. The lowest BCUT2D eigenvalue weighted by molar-refractivity contribution is 0.0710. The Morgan fingerprint density at radius 3 is 2.69 bits per heavy atom. The Morgan fingerprint density at radius 2 is 1.91 bits per heavy atom. The third-order valence-electron chi connectivity index (χ3n) is 6.14. The van der Waals surface area contributed by atoms with Crippen molar-refractivity contribution in [3.8, 4) is 11.6 Å². The van der Waals surface area contributed by atoms with Gasteiger partial charge in [-0.25, -0.2) is 14.4 Å². The molecule has 1 aliphatic heterocycles. The third kappa shape index (κ3) is 5.37. The van der Waals surface area contributed by atoms with Crippen molar-refractivity contribution >= 4 is 5.91 Å². The van der Waals surface area contributed by atoms with Gasteiger partial charge < -0.3 is 14.2 Å². The zero-order valence-corrected chi connectivity index (χ0v) is 19.5. The molecule has 0 bridgehead atoms. The maximum atomic E-state index is 14.0. The van der Waals surface area contributed by atoms with Gasteiger partial charge in [0.05, 0.1) is 6.33 Å². The summed E-state index contributed by atoms with van der Waals surface area (Å²) in [5, 5.41) is 0. The number of carbonyl (C=O) groups excluding carboxylic acids is 1. The largest absolute Gasteiger partial charge is 0.436 e. The van der Waals surface area contributed by atoms with Crippen LogP contribution in [0.3, 0.4) is 0 Å². The highest BCUT2D eigenvalue weighted by Gasteiger charge is 2.27. The van der Waals surface area contributed by atoms with Crippen molar-refractivity contribution in [2.45, 2.75) is 32.2 Å². The summed E-state index contributed by atoms with van der Waals surface area (Å²) in [6, 6.07) is 15.7. The summed E-state index contributed by atoms with van der Waals surface area (Å²) in [5.41, 5.74) is 2.50. The number of hydrogen-bond donors (Lipinski definition) is 0. The summed E-state index contributed by atoms with van der Waals surface area (Å²) in [6.07, 6.45) is 6.91. The highest BCUT2D eigenvalue weighted by Crippen LogP contribution is 2.29. The Morgan fingerprint density at radius 1 is 1.09 bits per heavy atom. The van der Waals surface area contributed by atoms with Gasteiger partial charge in [0.15, 0.2) is 11.6 Å². The Bertz CT molecular complexity index is 1320. The molecular weight excluding hydrogens is 445 g/mol. The quantitative estimate of drug-likeness (QED) is 0.397. The van der Waals surface area contributed by atoms with Crippen LogP contribution in [0, 0.1) is 12.7 Å². The molecule has 0 N–H and O–H groups in total. The molecule has 0 radical (unpaired) electrons. The maximum Gasteiger partial charge on any atom is 0.253 e. The summed E-state index contributed by atoms with van der Waals surface area (Å²) in [7, 11) is 0. The zero-order chi connectivity index (χ0) is 24.2. The Hall–Kier alpha value is -4.07. The predicted octanol–water partition coefficient (Wildman–Crippen LogP) is 4.98. The van der Waals surface area contributed by atoms with Gasteiger partial charge in [-0.1, -0.05) is 24.3 Å². The normalized spacial score (nSPS) is 14.2. The van der Waals surface area contributed by atoms with E-state index in [1.54, 1.807) is 36.8 Å².